The molecule has 4 nitrogen and oxygen atoms in total. The Kier molecular flexibility index (Phi) is 6.21. The molecule has 21 heavy (non-hydrogen) atoms. The van der Waals surface area contributed by atoms with Crippen LogP contribution >= 0.6 is 0 Å². The maximum Gasteiger partial charge on any atom is 0.179 e. The quantitative estimate of drug-likeness (QED) is 0.438. The number of rotatable bonds is 8. The maximum absolute atomic E-state index is 12.2. The van der Waals surface area contributed by atoms with Crippen molar-refractivity contribution < 1.29 is 4.79 Å². The Morgan fingerprint density at radius 1 is 1.24 bits per heavy atom. The van der Waals surface area contributed by atoms with Gasteiger partial charge in [0.05, 0.1) is 6.04 Å². The van der Waals surface area contributed by atoms with E-state index in [2.05, 4.69) is 10.2 Å². The number of unbranched alkanes of at least 4 members (excludes halogenated alkanes) is 1. The van der Waals surface area contributed by atoms with E-state index in [-0.39, 0.29) is 11.8 Å². The van der Waals surface area contributed by atoms with Gasteiger partial charge in [0.2, 0.25) is 0 Å². The SMILES string of the molecule is CC(NCCCCN1CCCC1)C(=O)c1ccc(N)cc1. The molecule has 1 unspecified atom stereocenters. The summed E-state index contributed by atoms with van der Waals surface area (Å²) in [6.07, 6.45) is 5.03. The number of carbonyl (C=O) groups is 1. The molecule has 0 aliphatic carbocycles. The lowest BCUT2D eigenvalue weighted by Gasteiger charge is -2.15. The Balaban J connectivity index is 1.63. The monoisotopic (exact) mass is 289 g/mol. The van der Waals surface area contributed by atoms with Crippen molar-refractivity contribution in [3.8, 4) is 0 Å². The van der Waals surface area contributed by atoms with E-state index in [0.29, 0.717) is 5.69 Å². The van der Waals surface area contributed by atoms with E-state index >= 15 is 0 Å². The highest BCUT2D eigenvalue weighted by Crippen LogP contribution is 2.09. The van der Waals surface area contributed by atoms with Gasteiger partial charge in [0.1, 0.15) is 0 Å². The van der Waals surface area contributed by atoms with E-state index < -0.39 is 0 Å². The summed E-state index contributed by atoms with van der Waals surface area (Å²) in [6, 6.07) is 7.00. The molecule has 1 aliphatic heterocycles. The summed E-state index contributed by atoms with van der Waals surface area (Å²) in [5, 5.41) is 3.32. The van der Waals surface area contributed by atoms with E-state index in [1.165, 1.54) is 38.9 Å². The number of Topliss-reactive ketones (excluding diaryl/α,β-unsaturated/α-hetero) is 1. The fourth-order valence-electron chi connectivity index (χ4n) is 2.78. The fraction of sp³-hybridized carbons (Fsp3) is 0.588. The number of benzene rings is 1. The van der Waals surface area contributed by atoms with Gasteiger partial charge in [0.15, 0.2) is 5.78 Å². The highest BCUT2D eigenvalue weighted by Gasteiger charge is 2.14. The van der Waals surface area contributed by atoms with Crippen LogP contribution in [0.3, 0.4) is 0 Å². The number of carbonyl (C=O) groups excluding carboxylic acids is 1. The summed E-state index contributed by atoms with van der Waals surface area (Å²) in [6.45, 7) is 6.55. The minimum Gasteiger partial charge on any atom is -0.399 e. The van der Waals surface area contributed by atoms with Gasteiger partial charge in [-0.1, -0.05) is 0 Å². The van der Waals surface area contributed by atoms with Crippen molar-refractivity contribution in [3.05, 3.63) is 29.8 Å². The van der Waals surface area contributed by atoms with Gasteiger partial charge in [0, 0.05) is 11.3 Å². The number of hydrogen-bond donors (Lipinski definition) is 2. The van der Waals surface area contributed by atoms with Gasteiger partial charge >= 0.3 is 0 Å². The van der Waals surface area contributed by atoms with Crippen LogP contribution in [0.5, 0.6) is 0 Å². The molecule has 4 heteroatoms. The van der Waals surface area contributed by atoms with E-state index in [1.807, 2.05) is 6.92 Å². The lowest BCUT2D eigenvalue weighted by Crippen LogP contribution is -2.35. The van der Waals surface area contributed by atoms with Crippen molar-refractivity contribution in [1.29, 1.82) is 0 Å². The van der Waals surface area contributed by atoms with Crippen LogP contribution in [-0.2, 0) is 0 Å². The zero-order valence-corrected chi connectivity index (χ0v) is 13.0. The second-order valence-corrected chi connectivity index (χ2v) is 5.92. The van der Waals surface area contributed by atoms with Crippen LogP contribution in [0.4, 0.5) is 5.69 Å². The van der Waals surface area contributed by atoms with Gasteiger partial charge in [0.25, 0.3) is 0 Å². The van der Waals surface area contributed by atoms with Crippen LogP contribution in [0, 0.1) is 0 Å². The summed E-state index contributed by atoms with van der Waals surface area (Å²) in [7, 11) is 0. The Morgan fingerprint density at radius 3 is 2.57 bits per heavy atom. The molecular formula is C17H27N3O. The number of nitrogens with one attached hydrogen (secondary N) is 1. The summed E-state index contributed by atoms with van der Waals surface area (Å²) in [5.74, 6) is 0.134. The normalized spacial score (nSPS) is 17.0. The summed E-state index contributed by atoms with van der Waals surface area (Å²) in [4.78, 5) is 14.7. The lowest BCUT2D eigenvalue weighted by molar-refractivity contribution is 0.0951. The molecule has 1 fully saturated rings. The standard InChI is InChI=1S/C17H27N3O/c1-14(17(21)15-6-8-16(18)9-7-15)19-10-2-3-11-20-12-4-5-13-20/h6-9,14,19H,2-5,10-13,18H2,1H3. The molecule has 1 heterocycles. The second kappa shape index (κ2) is 8.15. The molecular weight excluding hydrogens is 262 g/mol. The molecule has 0 aromatic heterocycles. The van der Waals surface area contributed by atoms with Gasteiger partial charge in [-0.2, -0.15) is 0 Å². The third-order valence-corrected chi connectivity index (χ3v) is 4.14. The maximum atomic E-state index is 12.2. The Morgan fingerprint density at radius 2 is 1.90 bits per heavy atom. The summed E-state index contributed by atoms with van der Waals surface area (Å²) >= 11 is 0. The van der Waals surface area contributed by atoms with E-state index in [4.69, 9.17) is 5.73 Å². The summed E-state index contributed by atoms with van der Waals surface area (Å²) < 4.78 is 0. The fourth-order valence-corrected chi connectivity index (χ4v) is 2.78. The first-order chi connectivity index (χ1) is 10.2. The molecule has 0 radical (unpaired) electrons. The lowest BCUT2D eigenvalue weighted by atomic mass is 10.1. The van der Waals surface area contributed by atoms with Gasteiger partial charge in [-0.3, -0.25) is 4.79 Å². The predicted molar refractivity (Wildman–Crippen MR) is 87.6 cm³/mol. The zero-order valence-electron chi connectivity index (χ0n) is 13.0. The first-order valence-corrected chi connectivity index (χ1v) is 8.02. The largest absolute Gasteiger partial charge is 0.399 e. The average molecular weight is 289 g/mol. The van der Waals surface area contributed by atoms with Gasteiger partial charge in [-0.25, -0.2) is 0 Å². The minimum atomic E-state index is -0.139. The van der Waals surface area contributed by atoms with Crippen LogP contribution < -0.4 is 11.1 Å². The minimum absolute atomic E-state index is 0.134. The molecule has 1 aromatic rings. The average Bonchev–Trinajstić information content (AvgIpc) is 3.00. The zero-order chi connectivity index (χ0) is 15.1. The molecule has 2 rings (SSSR count). The predicted octanol–water partition coefficient (Wildman–Crippen LogP) is 2.31. The van der Waals surface area contributed by atoms with Gasteiger partial charge in [-0.15, -0.1) is 0 Å². The molecule has 0 amide bonds. The molecule has 1 atom stereocenters. The van der Waals surface area contributed by atoms with E-state index in [9.17, 15) is 4.79 Å². The van der Waals surface area contributed by atoms with Gasteiger partial charge in [-0.05, 0) is 83.1 Å². The van der Waals surface area contributed by atoms with Crippen molar-refractivity contribution in [1.82, 2.24) is 10.2 Å². The van der Waals surface area contributed by atoms with Crippen LogP contribution in [0.2, 0.25) is 0 Å². The Bertz CT molecular complexity index is 438. The van der Waals surface area contributed by atoms with Crippen molar-refractivity contribution in [2.45, 2.75) is 38.6 Å². The highest BCUT2D eigenvalue weighted by molar-refractivity contribution is 6.00. The number of anilines is 1. The molecule has 1 aliphatic rings. The summed E-state index contributed by atoms with van der Waals surface area (Å²) in [5.41, 5.74) is 7.05. The number of hydrogen-bond acceptors (Lipinski definition) is 4. The van der Waals surface area contributed by atoms with Crippen molar-refractivity contribution in [3.63, 3.8) is 0 Å². The van der Waals surface area contributed by atoms with Crippen LogP contribution in [0.15, 0.2) is 24.3 Å². The number of nitrogens with zero attached hydrogens (tertiary/aromatic N) is 1. The molecule has 0 bridgehead atoms. The smallest absolute Gasteiger partial charge is 0.179 e. The van der Waals surface area contributed by atoms with E-state index in [1.54, 1.807) is 24.3 Å². The van der Waals surface area contributed by atoms with E-state index in [0.717, 1.165) is 18.5 Å². The number of ketones is 1. The molecule has 0 saturated carbocycles. The number of nitrogen functional groups attached to an aromatic ring is 1. The van der Waals surface area contributed by atoms with Gasteiger partial charge < -0.3 is 16.0 Å². The van der Waals surface area contributed by atoms with Crippen molar-refractivity contribution >= 4 is 11.5 Å². The third kappa shape index (κ3) is 5.14. The number of likely N-dealkylation sites (tertiary alicyclic amines) is 1. The third-order valence-electron chi connectivity index (χ3n) is 4.14. The number of nitrogens with two attached hydrogens (primary N) is 1. The second-order valence-electron chi connectivity index (χ2n) is 5.92. The van der Waals surface area contributed by atoms with Crippen LogP contribution in [0.1, 0.15) is 43.0 Å². The molecule has 3 N–H and O–H groups in total. The van der Waals surface area contributed by atoms with Crippen LogP contribution in [-0.4, -0.2) is 42.9 Å². The molecule has 0 spiro atoms. The van der Waals surface area contributed by atoms with Crippen LogP contribution in [0.25, 0.3) is 0 Å². The molecule has 116 valence electrons. The highest BCUT2D eigenvalue weighted by atomic mass is 16.1. The Labute approximate surface area is 127 Å². The van der Waals surface area contributed by atoms with Crippen molar-refractivity contribution in [2.75, 3.05) is 31.9 Å². The first-order valence-electron chi connectivity index (χ1n) is 8.02. The van der Waals surface area contributed by atoms with Crippen molar-refractivity contribution in [2.24, 2.45) is 0 Å². The molecule has 1 saturated heterocycles. The Hall–Kier alpha value is -1.39. The molecule has 1 aromatic carbocycles. The topological polar surface area (TPSA) is 58.4 Å². The first kappa shape index (κ1) is 16.0.